The maximum Gasteiger partial charge on any atom is 0.296 e. The Bertz CT molecular complexity index is 990. The molecule has 154 valence electrons. The zero-order valence-electron chi connectivity index (χ0n) is 14.6. The molecule has 0 fully saturated rings. The molecule has 29 heavy (non-hydrogen) atoms. The molecule has 13 heteroatoms. The van der Waals surface area contributed by atoms with E-state index in [1.807, 2.05) is 0 Å². The number of hydrogen-bond acceptors (Lipinski definition) is 6. The lowest BCUT2D eigenvalue weighted by Crippen LogP contribution is -2.35. The molecule has 0 radical (unpaired) electrons. The fourth-order valence-electron chi connectivity index (χ4n) is 2.20. The Morgan fingerprint density at radius 1 is 1.07 bits per heavy atom. The monoisotopic (exact) mass is 433 g/mol. The van der Waals surface area contributed by atoms with E-state index in [0.29, 0.717) is 0 Å². The van der Waals surface area contributed by atoms with E-state index in [2.05, 4.69) is 10.1 Å². The predicted octanol–water partition coefficient (Wildman–Crippen LogP) is 3.30. The molecule has 0 saturated carbocycles. The number of rotatable bonds is 5. The molecule has 0 aliphatic heterocycles. The number of hydrogen-bond donors (Lipinski definition) is 2. The average molecular weight is 433 g/mol. The molecule has 2 rings (SSSR count). The van der Waals surface area contributed by atoms with Gasteiger partial charge in [0.15, 0.2) is 22.5 Å². The van der Waals surface area contributed by atoms with Crippen molar-refractivity contribution in [3.8, 4) is 11.5 Å². The molecule has 0 saturated heterocycles. The summed E-state index contributed by atoms with van der Waals surface area (Å²) in [7, 11) is 2.06. The average Bonchev–Trinajstić information content (AvgIpc) is 2.67. The van der Waals surface area contributed by atoms with Gasteiger partial charge in [-0.25, -0.2) is 8.78 Å². The minimum atomic E-state index is -2.00. The van der Waals surface area contributed by atoms with Crippen LogP contribution in [0.4, 0.5) is 28.9 Å². The second-order valence-electron chi connectivity index (χ2n) is 5.21. The van der Waals surface area contributed by atoms with Gasteiger partial charge in [-0.2, -0.15) is 8.78 Å². The van der Waals surface area contributed by atoms with Gasteiger partial charge in [-0.3, -0.25) is 20.2 Å². The Morgan fingerprint density at radius 3 is 2.14 bits per heavy atom. The van der Waals surface area contributed by atoms with Gasteiger partial charge in [0.05, 0.1) is 25.2 Å². The molecule has 8 nitrogen and oxygen atoms in total. The highest BCUT2D eigenvalue weighted by molar-refractivity contribution is 7.80. The number of thiocarbonyl (C=S) groups is 1. The maximum absolute atomic E-state index is 14.0. The van der Waals surface area contributed by atoms with E-state index < -0.39 is 56.2 Å². The molecule has 2 aromatic carbocycles. The molecule has 0 aromatic heterocycles. The molecule has 0 spiro atoms. The van der Waals surface area contributed by atoms with Gasteiger partial charge in [0.25, 0.3) is 11.6 Å². The summed E-state index contributed by atoms with van der Waals surface area (Å²) < 4.78 is 64.5. The second kappa shape index (κ2) is 8.68. The van der Waals surface area contributed by atoms with Crippen LogP contribution >= 0.6 is 12.2 Å². The van der Waals surface area contributed by atoms with Crippen molar-refractivity contribution < 1.29 is 36.8 Å². The Labute approximate surface area is 165 Å². The normalized spacial score (nSPS) is 10.3. The number of ether oxygens (including phenoxy) is 2. The minimum absolute atomic E-state index is 0.158. The van der Waals surface area contributed by atoms with Crippen molar-refractivity contribution in [3.63, 3.8) is 0 Å². The van der Waals surface area contributed by atoms with Gasteiger partial charge in [-0.1, -0.05) is 0 Å². The molecule has 0 unspecified atom stereocenters. The largest absolute Gasteiger partial charge is 0.496 e. The molecule has 0 atom stereocenters. The summed E-state index contributed by atoms with van der Waals surface area (Å²) in [6, 6.07) is 3.59. The van der Waals surface area contributed by atoms with Crippen LogP contribution < -0.4 is 20.1 Å². The lowest BCUT2D eigenvalue weighted by atomic mass is 10.1. The lowest BCUT2D eigenvalue weighted by Gasteiger charge is -2.13. The summed E-state index contributed by atoms with van der Waals surface area (Å²) in [6.07, 6.45) is 0. The zero-order chi connectivity index (χ0) is 21.9. The smallest absolute Gasteiger partial charge is 0.296 e. The van der Waals surface area contributed by atoms with E-state index in [4.69, 9.17) is 17.0 Å². The van der Waals surface area contributed by atoms with E-state index in [0.717, 1.165) is 13.2 Å². The quantitative estimate of drug-likeness (QED) is 0.245. The highest BCUT2D eigenvalue weighted by Crippen LogP contribution is 2.30. The van der Waals surface area contributed by atoms with E-state index in [9.17, 15) is 32.5 Å². The number of carbonyl (C=O) groups excluding carboxylic acids is 1. The van der Waals surface area contributed by atoms with E-state index >= 15 is 0 Å². The van der Waals surface area contributed by atoms with Crippen molar-refractivity contribution in [1.29, 1.82) is 0 Å². The van der Waals surface area contributed by atoms with Crippen molar-refractivity contribution in [2.45, 2.75) is 0 Å². The van der Waals surface area contributed by atoms with E-state index in [1.54, 1.807) is 5.32 Å². The fraction of sp³-hybridized carbons (Fsp3) is 0.125. The summed E-state index contributed by atoms with van der Waals surface area (Å²) in [5, 5.41) is 14.6. The Morgan fingerprint density at radius 2 is 1.66 bits per heavy atom. The molecule has 1 amide bonds. The van der Waals surface area contributed by atoms with Crippen LogP contribution in [0.5, 0.6) is 11.5 Å². The van der Waals surface area contributed by atoms with Crippen LogP contribution in [0.15, 0.2) is 18.2 Å². The molecule has 0 aliphatic carbocycles. The van der Waals surface area contributed by atoms with Gasteiger partial charge in [0, 0.05) is 0 Å². The highest BCUT2D eigenvalue weighted by atomic mass is 32.1. The number of nitrogens with zero attached hydrogens (tertiary/aromatic N) is 1. The number of benzene rings is 2. The fourth-order valence-corrected chi connectivity index (χ4v) is 2.41. The first-order chi connectivity index (χ1) is 13.6. The van der Waals surface area contributed by atoms with Crippen LogP contribution in [-0.2, 0) is 0 Å². The standard InChI is InChI=1S/C16H11F4N3O5S/c1-27-6-3-4-7(8(5-6)23(25)26)21-16(29)22-15(24)9-10(17)12(19)14(28-2)13(20)11(9)18/h3-5H,1-2H3,(H2,21,22,24,29). The maximum atomic E-state index is 14.0. The number of nitro groups is 1. The first kappa shape index (κ1) is 21.8. The van der Waals surface area contributed by atoms with Gasteiger partial charge in [-0.15, -0.1) is 0 Å². The Balaban J connectivity index is 2.30. The summed E-state index contributed by atoms with van der Waals surface area (Å²) >= 11 is 4.77. The number of halogens is 4. The molecular formula is C16H11F4N3O5S. The van der Waals surface area contributed by atoms with Crippen molar-refractivity contribution >= 4 is 34.6 Å². The zero-order valence-corrected chi connectivity index (χ0v) is 15.5. The Kier molecular flexibility index (Phi) is 6.53. The molecule has 2 N–H and O–H groups in total. The van der Waals surface area contributed by atoms with Crippen molar-refractivity contribution in [2.75, 3.05) is 19.5 Å². The highest BCUT2D eigenvalue weighted by Gasteiger charge is 2.30. The van der Waals surface area contributed by atoms with E-state index in [-0.39, 0.29) is 11.4 Å². The number of anilines is 1. The number of amides is 1. The van der Waals surface area contributed by atoms with Crippen LogP contribution in [0.25, 0.3) is 0 Å². The third kappa shape index (κ3) is 4.34. The molecule has 0 bridgehead atoms. The van der Waals surface area contributed by atoms with E-state index in [1.165, 1.54) is 19.2 Å². The first-order valence-electron chi connectivity index (χ1n) is 7.47. The van der Waals surface area contributed by atoms with Crippen molar-refractivity contribution in [2.24, 2.45) is 0 Å². The van der Waals surface area contributed by atoms with Gasteiger partial charge >= 0.3 is 0 Å². The van der Waals surface area contributed by atoms with Gasteiger partial charge in [0.2, 0.25) is 11.6 Å². The summed E-state index contributed by atoms with van der Waals surface area (Å²) in [4.78, 5) is 22.4. The SMILES string of the molecule is COc1ccc(NC(=S)NC(=O)c2c(F)c(F)c(OC)c(F)c2F)c([N+](=O)[O-])c1. The van der Waals surface area contributed by atoms with Crippen LogP contribution in [0, 0.1) is 33.4 Å². The minimum Gasteiger partial charge on any atom is -0.496 e. The van der Waals surface area contributed by atoms with Crippen molar-refractivity contribution in [3.05, 3.63) is 57.1 Å². The van der Waals surface area contributed by atoms with Gasteiger partial charge < -0.3 is 14.8 Å². The van der Waals surface area contributed by atoms with Crippen molar-refractivity contribution in [1.82, 2.24) is 5.32 Å². The third-order valence-electron chi connectivity index (χ3n) is 3.53. The number of nitro benzene ring substituents is 1. The predicted molar refractivity (Wildman–Crippen MR) is 96.2 cm³/mol. The molecular weight excluding hydrogens is 422 g/mol. The Hall–Kier alpha value is -3.48. The van der Waals surface area contributed by atoms with Crippen LogP contribution in [0.2, 0.25) is 0 Å². The first-order valence-corrected chi connectivity index (χ1v) is 7.87. The summed E-state index contributed by atoms with van der Waals surface area (Å²) in [5.74, 6) is -10.7. The third-order valence-corrected chi connectivity index (χ3v) is 3.74. The second-order valence-corrected chi connectivity index (χ2v) is 5.62. The van der Waals surface area contributed by atoms with Gasteiger partial charge in [-0.05, 0) is 24.4 Å². The molecule has 0 heterocycles. The summed E-state index contributed by atoms with van der Waals surface area (Å²) in [5.41, 5.74) is -2.26. The molecule has 2 aromatic rings. The topological polar surface area (TPSA) is 103 Å². The van der Waals surface area contributed by atoms with Crippen LogP contribution in [0.1, 0.15) is 10.4 Å². The summed E-state index contributed by atoms with van der Waals surface area (Å²) in [6.45, 7) is 0. The number of methoxy groups -OCH3 is 2. The van der Waals surface area contributed by atoms with Gasteiger partial charge in [0.1, 0.15) is 17.0 Å². The number of carbonyl (C=O) groups is 1. The molecule has 0 aliphatic rings. The van der Waals surface area contributed by atoms with Crippen LogP contribution in [-0.4, -0.2) is 30.2 Å². The number of nitrogens with one attached hydrogen (secondary N) is 2. The van der Waals surface area contributed by atoms with Crippen LogP contribution in [0.3, 0.4) is 0 Å². The lowest BCUT2D eigenvalue weighted by molar-refractivity contribution is -0.384.